The molecule has 0 aliphatic carbocycles. The SMILES string of the molecule is C=CC1=C(/C=C\C)[N-]C(=O)C(C)C[N-]1.CC.[Rb+].[Rb+]. The maximum absolute atomic E-state index is 11.4. The zero-order chi connectivity index (χ0) is 12.6. The molecule has 1 aliphatic heterocycles. The van der Waals surface area contributed by atoms with Gasteiger partial charge in [-0.3, -0.25) is 0 Å². The van der Waals surface area contributed by atoms with E-state index in [4.69, 9.17) is 0 Å². The summed E-state index contributed by atoms with van der Waals surface area (Å²) < 4.78 is 0. The Balaban J connectivity index is -0.000000534. The van der Waals surface area contributed by atoms with Crippen LogP contribution in [0.2, 0.25) is 0 Å². The first-order valence-corrected chi connectivity index (χ1v) is 5.61. The minimum atomic E-state index is -0.132. The van der Waals surface area contributed by atoms with E-state index < -0.39 is 0 Å². The molecule has 0 bridgehead atoms. The molecule has 1 rings (SSSR count). The number of allylic oxidation sites excluding steroid dienone is 3. The Labute approximate surface area is 209 Å². The van der Waals surface area contributed by atoms with Crippen LogP contribution < -0.4 is 116 Å². The molecule has 0 N–H and O–H groups in total. The molecule has 1 amide bonds. The first-order valence-electron chi connectivity index (χ1n) is 5.61. The molecule has 5 heteroatoms. The Morgan fingerprint density at radius 2 is 1.83 bits per heavy atom. The number of carbonyl (C=O) groups excluding carboxylic acids is 1. The van der Waals surface area contributed by atoms with Crippen LogP contribution in [0, 0.1) is 5.92 Å². The van der Waals surface area contributed by atoms with E-state index in [1.807, 2.05) is 33.8 Å². The van der Waals surface area contributed by atoms with Crippen LogP contribution in [-0.2, 0) is 4.79 Å². The summed E-state index contributed by atoms with van der Waals surface area (Å²) in [7, 11) is 0. The molecular formula is C13H20N2ORb2. The van der Waals surface area contributed by atoms with Crippen molar-refractivity contribution in [1.29, 1.82) is 0 Å². The smallest absolute Gasteiger partial charge is 0.685 e. The Kier molecular flexibility index (Phi) is 21.6. The van der Waals surface area contributed by atoms with Gasteiger partial charge in [-0.2, -0.15) is 5.70 Å². The molecule has 1 heterocycles. The molecular weight excluding hydrogens is 371 g/mol. The summed E-state index contributed by atoms with van der Waals surface area (Å²) in [5, 5.41) is 8.26. The summed E-state index contributed by atoms with van der Waals surface area (Å²) in [4.78, 5) is 11.4. The van der Waals surface area contributed by atoms with Gasteiger partial charge in [0.25, 0.3) is 0 Å². The molecule has 90 valence electrons. The molecule has 0 radical (unpaired) electrons. The standard InChI is InChI=1S/C11H15N2O.C2H6.2Rb/c1-4-6-10-9(5-2)12-7-8(3)11(14)13-10;1-2;;/h4-6,8H,2,7H2,1,3H3,(H,13,14);1-2H3;;/q-1;;2*+1/p-1/b6-4-;;;. The van der Waals surface area contributed by atoms with Crippen molar-refractivity contribution in [3.05, 3.63) is 46.8 Å². The molecule has 0 aromatic heterocycles. The van der Waals surface area contributed by atoms with Crippen molar-refractivity contribution in [3.63, 3.8) is 0 Å². The molecule has 1 aliphatic rings. The van der Waals surface area contributed by atoms with Gasteiger partial charge in [-0.1, -0.05) is 39.0 Å². The van der Waals surface area contributed by atoms with Gasteiger partial charge in [0.15, 0.2) is 0 Å². The predicted molar refractivity (Wildman–Crippen MR) is 69.1 cm³/mol. The molecule has 1 unspecified atom stereocenters. The minimum absolute atomic E-state index is 0. The third kappa shape index (κ3) is 9.11. The fraction of sp³-hybridized carbons (Fsp3) is 0.462. The monoisotopic (exact) mass is 390 g/mol. The molecule has 0 aromatic rings. The van der Waals surface area contributed by atoms with Crippen LogP contribution in [0.25, 0.3) is 10.6 Å². The number of hydrogen-bond acceptors (Lipinski definition) is 1. The van der Waals surface area contributed by atoms with Gasteiger partial charge < -0.3 is 15.4 Å². The van der Waals surface area contributed by atoms with Gasteiger partial charge in [-0.05, 0) is 12.8 Å². The number of hydrogen-bond donors (Lipinski definition) is 0. The van der Waals surface area contributed by atoms with Crippen LogP contribution in [-0.4, -0.2) is 12.5 Å². The zero-order valence-corrected chi connectivity index (χ0v) is 22.4. The number of amides is 1. The van der Waals surface area contributed by atoms with E-state index in [1.54, 1.807) is 12.2 Å². The van der Waals surface area contributed by atoms with Crippen LogP contribution in [0.4, 0.5) is 0 Å². The minimum Gasteiger partial charge on any atom is -0.685 e. The van der Waals surface area contributed by atoms with Gasteiger partial charge in [0, 0.05) is 0 Å². The average Bonchev–Trinajstić information content (AvgIpc) is 2.43. The van der Waals surface area contributed by atoms with Crippen molar-refractivity contribution in [3.8, 4) is 0 Å². The van der Waals surface area contributed by atoms with Crippen LogP contribution in [0.3, 0.4) is 0 Å². The van der Waals surface area contributed by atoms with Gasteiger partial charge in [-0.15, -0.1) is 18.8 Å². The largest absolute Gasteiger partial charge is 1.00 e. The van der Waals surface area contributed by atoms with Crippen molar-refractivity contribution in [2.45, 2.75) is 27.7 Å². The number of nitrogens with zero attached hydrogens (tertiary/aromatic N) is 2. The van der Waals surface area contributed by atoms with E-state index in [1.165, 1.54) is 0 Å². The maximum atomic E-state index is 11.4. The molecule has 18 heavy (non-hydrogen) atoms. The van der Waals surface area contributed by atoms with Crippen molar-refractivity contribution in [2.75, 3.05) is 6.54 Å². The average molecular weight is 391 g/mol. The van der Waals surface area contributed by atoms with E-state index in [2.05, 4.69) is 17.2 Å². The third-order valence-corrected chi connectivity index (χ3v) is 1.97. The van der Waals surface area contributed by atoms with Crippen LogP contribution in [0.1, 0.15) is 27.7 Å². The van der Waals surface area contributed by atoms with E-state index in [0.717, 1.165) is 0 Å². The van der Waals surface area contributed by atoms with Gasteiger partial charge >= 0.3 is 116 Å². The molecule has 0 aromatic carbocycles. The number of carbonyl (C=O) groups is 1. The van der Waals surface area contributed by atoms with Crippen molar-refractivity contribution >= 4 is 5.91 Å². The second-order valence-corrected chi connectivity index (χ2v) is 3.17. The number of rotatable bonds is 2. The van der Waals surface area contributed by atoms with Crippen LogP contribution in [0.15, 0.2) is 36.2 Å². The Morgan fingerprint density at radius 3 is 2.28 bits per heavy atom. The van der Waals surface area contributed by atoms with Gasteiger partial charge in [0.05, 0.1) is 5.91 Å². The second-order valence-electron chi connectivity index (χ2n) is 3.17. The summed E-state index contributed by atoms with van der Waals surface area (Å²) in [6, 6.07) is 0. The maximum Gasteiger partial charge on any atom is 1.00 e. The van der Waals surface area contributed by atoms with Crippen LogP contribution in [0.5, 0.6) is 0 Å². The first kappa shape index (κ1) is 25.1. The summed E-state index contributed by atoms with van der Waals surface area (Å²) in [6.07, 6.45) is 5.24. The molecule has 0 spiro atoms. The zero-order valence-electron chi connectivity index (χ0n) is 12.5. The van der Waals surface area contributed by atoms with Gasteiger partial charge in [0.2, 0.25) is 0 Å². The topological polar surface area (TPSA) is 45.3 Å². The first-order chi connectivity index (χ1) is 7.69. The second kappa shape index (κ2) is 15.5. The van der Waals surface area contributed by atoms with Crippen LogP contribution >= 0.6 is 0 Å². The summed E-state index contributed by atoms with van der Waals surface area (Å²) in [5.41, 5.74) is 1.30. The Morgan fingerprint density at radius 1 is 1.28 bits per heavy atom. The van der Waals surface area contributed by atoms with E-state index >= 15 is 0 Å². The normalized spacial score (nSPS) is 18.2. The van der Waals surface area contributed by atoms with Gasteiger partial charge in [0.1, 0.15) is 0 Å². The molecule has 3 nitrogen and oxygen atoms in total. The summed E-state index contributed by atoms with van der Waals surface area (Å²) >= 11 is 0. The third-order valence-electron chi connectivity index (χ3n) is 1.97. The Bertz CT molecular complexity index is 312. The molecule has 1 atom stereocenters. The summed E-state index contributed by atoms with van der Waals surface area (Å²) in [6.45, 7) is 11.8. The van der Waals surface area contributed by atoms with E-state index in [-0.39, 0.29) is 128 Å². The Hall–Kier alpha value is 2.10. The predicted octanol–water partition coefficient (Wildman–Crippen LogP) is -2.08. The fourth-order valence-electron chi connectivity index (χ4n) is 1.13. The van der Waals surface area contributed by atoms with E-state index in [0.29, 0.717) is 17.9 Å². The van der Waals surface area contributed by atoms with Gasteiger partial charge in [-0.25, -0.2) is 0 Å². The molecule has 0 saturated carbocycles. The molecule has 0 saturated heterocycles. The van der Waals surface area contributed by atoms with Crippen molar-refractivity contribution in [1.82, 2.24) is 0 Å². The van der Waals surface area contributed by atoms with Crippen molar-refractivity contribution < 1.29 is 121 Å². The van der Waals surface area contributed by atoms with E-state index in [9.17, 15) is 4.79 Å². The summed E-state index contributed by atoms with van der Waals surface area (Å²) in [5.74, 6) is -0.244. The molecule has 0 fully saturated rings. The van der Waals surface area contributed by atoms with Crippen molar-refractivity contribution in [2.24, 2.45) is 5.92 Å². The quantitative estimate of drug-likeness (QED) is 0.533. The fourth-order valence-corrected chi connectivity index (χ4v) is 1.13.